The van der Waals surface area contributed by atoms with E-state index in [2.05, 4.69) is 5.10 Å². The quantitative estimate of drug-likeness (QED) is 0.756. The molecule has 1 unspecified atom stereocenters. The zero-order chi connectivity index (χ0) is 14.8. The Morgan fingerprint density at radius 1 is 1.45 bits per heavy atom. The van der Waals surface area contributed by atoms with E-state index in [4.69, 9.17) is 0 Å². The number of aryl methyl sites for hydroxylation is 2. The van der Waals surface area contributed by atoms with Gasteiger partial charge >= 0.3 is 0 Å². The molecule has 0 spiro atoms. The molecule has 1 saturated heterocycles. The maximum atomic E-state index is 11.6. The molecule has 0 radical (unpaired) electrons. The largest absolute Gasteiger partial charge is 0.396 e. The lowest BCUT2D eigenvalue weighted by molar-refractivity contribution is 0.00505. The van der Waals surface area contributed by atoms with Gasteiger partial charge in [-0.15, -0.1) is 0 Å². The summed E-state index contributed by atoms with van der Waals surface area (Å²) in [5.41, 5.74) is 0.283. The van der Waals surface area contributed by atoms with Crippen molar-refractivity contribution in [3.05, 3.63) is 18.0 Å². The van der Waals surface area contributed by atoms with Gasteiger partial charge in [0.1, 0.15) is 0 Å². The van der Waals surface area contributed by atoms with Crippen molar-refractivity contribution in [3.8, 4) is 0 Å². The van der Waals surface area contributed by atoms with E-state index >= 15 is 0 Å². The molecule has 0 aromatic carbocycles. The molecule has 7 heteroatoms. The Morgan fingerprint density at radius 3 is 2.60 bits per heavy atom. The van der Waals surface area contributed by atoms with Crippen molar-refractivity contribution in [1.82, 2.24) is 9.78 Å². The van der Waals surface area contributed by atoms with Crippen molar-refractivity contribution in [2.24, 2.45) is 18.4 Å². The van der Waals surface area contributed by atoms with Crippen molar-refractivity contribution >= 4 is 9.84 Å². The first-order valence-corrected chi connectivity index (χ1v) is 8.63. The van der Waals surface area contributed by atoms with Crippen LogP contribution in [0.25, 0.3) is 0 Å². The summed E-state index contributed by atoms with van der Waals surface area (Å²) < 4.78 is 25.0. The van der Waals surface area contributed by atoms with Crippen molar-refractivity contribution in [2.75, 3.05) is 24.7 Å². The molecule has 0 amide bonds. The van der Waals surface area contributed by atoms with Gasteiger partial charge in [-0.2, -0.15) is 5.10 Å². The van der Waals surface area contributed by atoms with E-state index in [-0.39, 0.29) is 30.6 Å². The van der Waals surface area contributed by atoms with Crippen molar-refractivity contribution in [2.45, 2.75) is 19.3 Å². The van der Waals surface area contributed by atoms with Crippen LogP contribution in [0, 0.1) is 11.3 Å². The van der Waals surface area contributed by atoms with Crippen LogP contribution >= 0.6 is 0 Å². The molecule has 1 atom stereocenters. The molecule has 1 fully saturated rings. The Hall–Kier alpha value is -0.920. The fraction of sp³-hybridized carbons (Fsp3) is 0.769. The first-order chi connectivity index (χ1) is 9.42. The third-order valence-corrected chi connectivity index (χ3v) is 6.30. The molecular formula is C13H22N2O4S. The van der Waals surface area contributed by atoms with Crippen LogP contribution in [-0.4, -0.2) is 53.1 Å². The minimum absolute atomic E-state index is 0.0690. The monoisotopic (exact) mass is 302 g/mol. The number of rotatable bonds is 6. The average Bonchev–Trinajstić information content (AvgIpc) is 2.98. The van der Waals surface area contributed by atoms with Crippen LogP contribution in [0.5, 0.6) is 0 Å². The third kappa shape index (κ3) is 3.05. The van der Waals surface area contributed by atoms with E-state index in [1.54, 1.807) is 10.9 Å². The second-order valence-electron chi connectivity index (χ2n) is 5.72. The molecule has 1 aromatic heterocycles. The van der Waals surface area contributed by atoms with Crippen molar-refractivity contribution in [3.63, 3.8) is 0 Å². The van der Waals surface area contributed by atoms with Gasteiger partial charge in [-0.3, -0.25) is 4.68 Å². The summed E-state index contributed by atoms with van der Waals surface area (Å²) in [6.07, 6.45) is 3.44. The van der Waals surface area contributed by atoms with Crippen LogP contribution < -0.4 is 0 Å². The first-order valence-electron chi connectivity index (χ1n) is 6.81. The molecule has 0 aliphatic carbocycles. The van der Waals surface area contributed by atoms with Gasteiger partial charge in [-0.05, 0) is 31.2 Å². The summed E-state index contributed by atoms with van der Waals surface area (Å²) in [4.78, 5) is 0. The Bertz CT molecular complexity index is 548. The molecule has 114 valence electrons. The van der Waals surface area contributed by atoms with E-state index in [1.807, 2.05) is 13.1 Å². The highest BCUT2D eigenvalue weighted by molar-refractivity contribution is 7.91. The van der Waals surface area contributed by atoms with Crippen LogP contribution in [0.15, 0.2) is 12.3 Å². The van der Waals surface area contributed by atoms with Crippen LogP contribution in [0.1, 0.15) is 18.5 Å². The van der Waals surface area contributed by atoms with Crippen LogP contribution in [0.2, 0.25) is 0 Å². The second-order valence-corrected chi connectivity index (χ2v) is 7.95. The van der Waals surface area contributed by atoms with Crippen molar-refractivity contribution < 1.29 is 18.6 Å². The van der Waals surface area contributed by atoms with Crippen LogP contribution in [0.3, 0.4) is 0 Å². The lowest BCUT2D eigenvalue weighted by atomic mass is 9.72. The van der Waals surface area contributed by atoms with E-state index in [9.17, 15) is 18.6 Å². The number of aliphatic hydroxyl groups excluding tert-OH is 2. The smallest absolute Gasteiger partial charge is 0.150 e. The van der Waals surface area contributed by atoms with Gasteiger partial charge in [0.2, 0.25) is 0 Å². The van der Waals surface area contributed by atoms with Gasteiger partial charge in [0.25, 0.3) is 0 Å². The van der Waals surface area contributed by atoms with Gasteiger partial charge < -0.3 is 10.2 Å². The fourth-order valence-electron chi connectivity index (χ4n) is 2.97. The number of hydrogen-bond acceptors (Lipinski definition) is 5. The molecule has 2 N–H and O–H groups in total. The van der Waals surface area contributed by atoms with Gasteiger partial charge in [0.05, 0.1) is 24.7 Å². The number of sulfone groups is 1. The summed E-state index contributed by atoms with van der Waals surface area (Å²) >= 11 is 0. The number of nitrogens with zero attached hydrogens (tertiary/aromatic N) is 2. The molecule has 1 aliphatic heterocycles. The highest BCUT2D eigenvalue weighted by Gasteiger charge is 2.43. The first kappa shape index (κ1) is 15.5. The fourth-order valence-corrected chi connectivity index (χ4v) is 4.92. The highest BCUT2D eigenvalue weighted by atomic mass is 32.2. The molecule has 2 heterocycles. The summed E-state index contributed by atoms with van der Waals surface area (Å²) in [5, 5.41) is 23.5. The summed E-state index contributed by atoms with van der Waals surface area (Å²) in [6.45, 7) is -0.386. The predicted octanol–water partition coefficient (Wildman–Crippen LogP) is -0.242. The lowest BCUT2D eigenvalue weighted by Crippen LogP contribution is -2.39. The van der Waals surface area contributed by atoms with E-state index in [0.29, 0.717) is 19.3 Å². The zero-order valence-electron chi connectivity index (χ0n) is 11.7. The van der Waals surface area contributed by atoms with Gasteiger partial charge in [-0.25, -0.2) is 8.42 Å². The Morgan fingerprint density at radius 2 is 2.15 bits per heavy atom. The zero-order valence-corrected chi connectivity index (χ0v) is 12.5. The van der Waals surface area contributed by atoms with Crippen molar-refractivity contribution in [1.29, 1.82) is 0 Å². The lowest BCUT2D eigenvalue weighted by Gasteiger charge is -2.35. The molecule has 0 saturated carbocycles. The summed E-state index contributed by atoms with van der Waals surface area (Å²) in [7, 11) is -1.18. The topological polar surface area (TPSA) is 92.4 Å². The normalized spacial score (nSPS) is 22.2. The molecule has 1 aliphatic rings. The molecule has 0 bridgehead atoms. The number of hydrogen-bond donors (Lipinski definition) is 2. The average molecular weight is 302 g/mol. The SMILES string of the molecule is Cn1nccc1CCC(CO)(CO)C1CCS(=O)(=O)C1. The highest BCUT2D eigenvalue weighted by Crippen LogP contribution is 2.39. The second kappa shape index (κ2) is 5.83. The minimum Gasteiger partial charge on any atom is -0.396 e. The summed E-state index contributed by atoms with van der Waals surface area (Å²) in [5.74, 6) is 0.0562. The molecule has 20 heavy (non-hydrogen) atoms. The predicted molar refractivity (Wildman–Crippen MR) is 74.9 cm³/mol. The minimum atomic E-state index is -3.02. The Balaban J connectivity index is 2.11. The van der Waals surface area contributed by atoms with E-state index in [1.165, 1.54) is 0 Å². The Labute approximate surface area is 119 Å². The molecule has 1 aromatic rings. The van der Waals surface area contributed by atoms with E-state index in [0.717, 1.165) is 5.69 Å². The molecule has 2 rings (SSSR count). The Kier molecular flexibility index (Phi) is 4.51. The maximum Gasteiger partial charge on any atom is 0.150 e. The van der Waals surface area contributed by atoms with Crippen LogP contribution in [0.4, 0.5) is 0 Å². The third-order valence-electron chi connectivity index (χ3n) is 4.53. The number of aliphatic hydroxyl groups is 2. The molecular weight excluding hydrogens is 280 g/mol. The summed E-state index contributed by atoms with van der Waals surface area (Å²) in [6, 6.07) is 1.89. The standard InChI is InChI=1S/C13H22N2O4S/c1-15-12(3-6-14-15)2-5-13(9-16,10-17)11-4-7-20(18,19)8-11/h3,6,11,16-17H,2,4-5,7-10H2,1H3. The van der Waals surface area contributed by atoms with Gasteiger partial charge in [0, 0.05) is 24.4 Å². The van der Waals surface area contributed by atoms with Gasteiger partial charge in [0.15, 0.2) is 9.84 Å². The van der Waals surface area contributed by atoms with E-state index < -0.39 is 15.3 Å². The van der Waals surface area contributed by atoms with Gasteiger partial charge in [-0.1, -0.05) is 0 Å². The molecule has 6 nitrogen and oxygen atoms in total. The maximum absolute atomic E-state index is 11.6. The number of aromatic nitrogens is 2. The van der Waals surface area contributed by atoms with Crippen LogP contribution in [-0.2, 0) is 23.3 Å².